The summed E-state index contributed by atoms with van der Waals surface area (Å²) in [6.07, 6.45) is 5.99. The molecule has 0 bridgehead atoms. The number of hydrogen-bond donors (Lipinski definition) is 2. The summed E-state index contributed by atoms with van der Waals surface area (Å²) in [7, 11) is 0. The van der Waals surface area contributed by atoms with Gasteiger partial charge in [0, 0.05) is 17.1 Å². The highest BCUT2D eigenvalue weighted by atomic mass is 32.1. The van der Waals surface area contributed by atoms with E-state index in [4.69, 9.17) is 5.73 Å². The minimum Gasteiger partial charge on any atom is -0.386 e. The molecule has 1 aliphatic rings. The lowest BCUT2D eigenvalue weighted by Gasteiger charge is -2.23. The van der Waals surface area contributed by atoms with Crippen molar-refractivity contribution in [1.82, 2.24) is 4.98 Å². The second-order valence-corrected chi connectivity index (χ2v) is 8.50. The van der Waals surface area contributed by atoms with Crippen molar-refractivity contribution in [1.29, 1.82) is 0 Å². The van der Waals surface area contributed by atoms with Crippen molar-refractivity contribution in [2.45, 2.75) is 64.5 Å². The molecule has 4 atom stereocenters. The Hall–Kier alpha value is -1.23. The van der Waals surface area contributed by atoms with Crippen LogP contribution in [0.15, 0.2) is 29.6 Å². The lowest BCUT2D eigenvalue weighted by atomic mass is 9.85. The van der Waals surface area contributed by atoms with Gasteiger partial charge in [-0.15, -0.1) is 11.3 Å². The molecule has 1 aromatic heterocycles. The van der Waals surface area contributed by atoms with Crippen LogP contribution in [0.2, 0.25) is 0 Å². The van der Waals surface area contributed by atoms with Gasteiger partial charge in [0.2, 0.25) is 0 Å². The molecule has 0 spiro atoms. The lowest BCUT2D eigenvalue weighted by Crippen LogP contribution is -2.28. The largest absolute Gasteiger partial charge is 0.386 e. The minimum absolute atomic E-state index is 0.315. The van der Waals surface area contributed by atoms with Gasteiger partial charge in [-0.05, 0) is 69.8 Å². The van der Waals surface area contributed by atoms with Crippen LogP contribution in [0.25, 0.3) is 0 Å². The predicted molar refractivity (Wildman–Crippen MR) is 105 cm³/mol. The molecule has 1 aliphatic carbocycles. The molecule has 1 fully saturated rings. The maximum Gasteiger partial charge on any atom is 0.121 e. The maximum atomic E-state index is 10.4. The van der Waals surface area contributed by atoms with E-state index in [-0.39, 0.29) is 0 Å². The van der Waals surface area contributed by atoms with E-state index in [0.717, 1.165) is 42.8 Å². The summed E-state index contributed by atoms with van der Waals surface area (Å²) in [5.41, 5.74) is 10.1. The van der Waals surface area contributed by atoms with E-state index in [1.54, 1.807) is 11.3 Å². The molecule has 1 heterocycles. The topological polar surface area (TPSA) is 59.1 Å². The number of rotatable bonds is 7. The van der Waals surface area contributed by atoms with Crippen LogP contribution in [-0.2, 0) is 6.42 Å². The summed E-state index contributed by atoms with van der Waals surface area (Å²) in [5.74, 6) is 1.21. The number of nitrogens with two attached hydrogens (primary N) is 1. The Morgan fingerprint density at radius 3 is 2.64 bits per heavy atom. The number of aliphatic hydroxyl groups excluding tert-OH is 1. The third-order valence-electron chi connectivity index (χ3n) is 5.65. The van der Waals surface area contributed by atoms with Crippen LogP contribution in [0.1, 0.15) is 60.0 Å². The highest BCUT2D eigenvalue weighted by Gasteiger charge is 2.33. The first-order valence-corrected chi connectivity index (χ1v) is 10.3. The Bertz CT molecular complexity index is 667. The Kier molecular flexibility index (Phi) is 6.26. The van der Waals surface area contributed by atoms with Gasteiger partial charge in [0.25, 0.3) is 0 Å². The molecule has 0 radical (unpaired) electrons. The van der Waals surface area contributed by atoms with Crippen LogP contribution >= 0.6 is 11.3 Å². The van der Waals surface area contributed by atoms with Crippen LogP contribution < -0.4 is 5.73 Å². The van der Waals surface area contributed by atoms with Crippen LogP contribution in [-0.4, -0.2) is 16.1 Å². The van der Waals surface area contributed by atoms with Gasteiger partial charge in [0.05, 0.1) is 0 Å². The zero-order chi connectivity index (χ0) is 17.8. The Morgan fingerprint density at radius 1 is 1.20 bits per heavy atom. The van der Waals surface area contributed by atoms with Gasteiger partial charge in [0.15, 0.2) is 0 Å². The lowest BCUT2D eigenvalue weighted by molar-refractivity contribution is 0.150. The van der Waals surface area contributed by atoms with Gasteiger partial charge in [-0.3, -0.25) is 0 Å². The highest BCUT2D eigenvalue weighted by Crippen LogP contribution is 2.38. The van der Waals surface area contributed by atoms with Gasteiger partial charge < -0.3 is 10.8 Å². The molecule has 3 N–H and O–H groups in total. The van der Waals surface area contributed by atoms with Crippen molar-refractivity contribution >= 4 is 11.3 Å². The number of aliphatic hydroxyl groups is 1. The Morgan fingerprint density at radius 2 is 1.96 bits per heavy atom. The minimum atomic E-state index is -0.423. The van der Waals surface area contributed by atoms with E-state index in [1.807, 2.05) is 12.3 Å². The van der Waals surface area contributed by atoms with Crippen molar-refractivity contribution in [3.63, 3.8) is 0 Å². The van der Waals surface area contributed by atoms with Gasteiger partial charge in [-0.1, -0.05) is 29.8 Å². The monoisotopic (exact) mass is 358 g/mol. The SMILES string of the molecule is Cc1ccc(CCC2[C@@H](CCC(O)c3nc(C)cs3)CC[C@H]2N)cc1. The van der Waals surface area contributed by atoms with Crippen molar-refractivity contribution in [3.8, 4) is 0 Å². The number of thiazole rings is 1. The van der Waals surface area contributed by atoms with Gasteiger partial charge >= 0.3 is 0 Å². The molecule has 25 heavy (non-hydrogen) atoms. The molecule has 136 valence electrons. The first-order chi connectivity index (χ1) is 12.0. The van der Waals surface area contributed by atoms with E-state index < -0.39 is 6.10 Å². The van der Waals surface area contributed by atoms with Gasteiger partial charge in [-0.25, -0.2) is 4.98 Å². The maximum absolute atomic E-state index is 10.4. The fourth-order valence-electron chi connectivity index (χ4n) is 4.10. The number of benzene rings is 1. The number of hydrogen-bond acceptors (Lipinski definition) is 4. The molecule has 1 aromatic carbocycles. The standard InChI is InChI=1S/C21H30N2OS/c1-14-3-5-16(6-4-14)7-10-18-17(8-11-19(18)22)9-12-20(24)21-23-15(2)13-25-21/h3-6,13,17-20,24H,7-12,22H2,1-2H3/t17-,18?,19-,20?/m1/s1. The quantitative estimate of drug-likeness (QED) is 0.763. The molecule has 2 unspecified atom stereocenters. The summed E-state index contributed by atoms with van der Waals surface area (Å²) < 4.78 is 0. The second-order valence-electron chi connectivity index (χ2n) is 7.61. The summed E-state index contributed by atoms with van der Waals surface area (Å²) in [5, 5.41) is 13.3. The molecular formula is C21H30N2OS. The molecule has 0 amide bonds. The second kappa shape index (κ2) is 8.43. The summed E-state index contributed by atoms with van der Waals surface area (Å²) >= 11 is 1.56. The number of aryl methyl sites for hydroxylation is 3. The summed E-state index contributed by atoms with van der Waals surface area (Å²) in [4.78, 5) is 4.42. The van der Waals surface area contributed by atoms with Crippen molar-refractivity contribution in [3.05, 3.63) is 51.5 Å². The van der Waals surface area contributed by atoms with Gasteiger partial charge in [-0.2, -0.15) is 0 Å². The van der Waals surface area contributed by atoms with Crippen molar-refractivity contribution in [2.24, 2.45) is 17.6 Å². The normalized spacial score (nSPS) is 24.6. The number of aromatic nitrogens is 1. The average Bonchev–Trinajstić information content (AvgIpc) is 3.18. The van der Waals surface area contributed by atoms with Crippen LogP contribution in [0, 0.1) is 25.7 Å². The highest BCUT2D eigenvalue weighted by molar-refractivity contribution is 7.09. The first kappa shape index (κ1) is 18.6. The molecule has 2 aromatic rings. The summed E-state index contributed by atoms with van der Waals surface area (Å²) in [6.45, 7) is 4.10. The molecule has 4 heteroatoms. The van der Waals surface area contributed by atoms with Crippen LogP contribution in [0.3, 0.4) is 0 Å². The smallest absolute Gasteiger partial charge is 0.121 e. The molecule has 3 nitrogen and oxygen atoms in total. The van der Waals surface area contributed by atoms with E-state index in [9.17, 15) is 5.11 Å². The molecular weight excluding hydrogens is 328 g/mol. The Balaban J connectivity index is 1.52. The molecule has 3 rings (SSSR count). The average molecular weight is 359 g/mol. The van der Waals surface area contributed by atoms with Crippen molar-refractivity contribution in [2.75, 3.05) is 0 Å². The van der Waals surface area contributed by atoms with Gasteiger partial charge in [0.1, 0.15) is 11.1 Å². The summed E-state index contributed by atoms with van der Waals surface area (Å²) in [6, 6.07) is 9.16. The van der Waals surface area contributed by atoms with E-state index in [0.29, 0.717) is 17.9 Å². The third kappa shape index (κ3) is 4.90. The van der Waals surface area contributed by atoms with E-state index >= 15 is 0 Å². The molecule has 1 saturated carbocycles. The predicted octanol–water partition coefficient (Wildman–Crippen LogP) is 4.56. The van der Waals surface area contributed by atoms with E-state index in [1.165, 1.54) is 17.5 Å². The zero-order valence-corrected chi connectivity index (χ0v) is 16.1. The molecule has 0 aliphatic heterocycles. The number of nitrogens with zero attached hydrogens (tertiary/aromatic N) is 1. The van der Waals surface area contributed by atoms with E-state index in [2.05, 4.69) is 36.2 Å². The molecule has 0 saturated heterocycles. The zero-order valence-electron chi connectivity index (χ0n) is 15.3. The fraction of sp³-hybridized carbons (Fsp3) is 0.571. The van der Waals surface area contributed by atoms with Crippen LogP contribution in [0.5, 0.6) is 0 Å². The first-order valence-electron chi connectivity index (χ1n) is 9.44. The fourth-order valence-corrected chi connectivity index (χ4v) is 4.92. The van der Waals surface area contributed by atoms with Crippen LogP contribution in [0.4, 0.5) is 0 Å². The van der Waals surface area contributed by atoms with Crippen molar-refractivity contribution < 1.29 is 5.11 Å². The Labute approximate surface area is 155 Å². The third-order valence-corrected chi connectivity index (χ3v) is 6.71.